The molecule has 1 aliphatic rings. The number of hydrogen-bond donors (Lipinski definition) is 0. The van der Waals surface area contributed by atoms with E-state index in [1.165, 1.54) is 23.9 Å². The number of amidine groups is 1. The van der Waals surface area contributed by atoms with Gasteiger partial charge in [0.25, 0.3) is 5.91 Å². The van der Waals surface area contributed by atoms with E-state index in [2.05, 4.69) is 11.9 Å². The number of aliphatic imine (C=N–C) groups is 1. The van der Waals surface area contributed by atoms with E-state index in [4.69, 9.17) is 9.47 Å². The summed E-state index contributed by atoms with van der Waals surface area (Å²) in [7, 11) is 1.59. The molecule has 2 aromatic rings. The number of thioether (sulfide) groups is 1. The number of halogens is 1. The van der Waals surface area contributed by atoms with E-state index >= 15 is 0 Å². The molecular formula is C23H25FN2O3S. The van der Waals surface area contributed by atoms with Crippen LogP contribution in [-0.4, -0.2) is 35.7 Å². The highest BCUT2D eigenvalue weighted by Gasteiger charge is 2.32. The Kier molecular flexibility index (Phi) is 7.15. The summed E-state index contributed by atoms with van der Waals surface area (Å²) in [5.41, 5.74) is 1.43. The largest absolute Gasteiger partial charge is 0.493 e. The molecule has 7 heteroatoms. The normalized spacial score (nSPS) is 17.6. The van der Waals surface area contributed by atoms with E-state index in [1.54, 1.807) is 24.1 Å². The van der Waals surface area contributed by atoms with Gasteiger partial charge in [-0.05, 0) is 80.1 Å². The summed E-state index contributed by atoms with van der Waals surface area (Å²) in [6.07, 6.45) is 2.79. The smallest absolute Gasteiger partial charge is 0.266 e. The first kappa shape index (κ1) is 21.9. The first-order valence-corrected chi connectivity index (χ1v) is 10.7. The highest BCUT2D eigenvalue weighted by atomic mass is 32.2. The lowest BCUT2D eigenvalue weighted by Crippen LogP contribution is -2.28. The maximum Gasteiger partial charge on any atom is 0.266 e. The van der Waals surface area contributed by atoms with Crippen molar-refractivity contribution in [1.29, 1.82) is 0 Å². The number of methoxy groups -OCH3 is 1. The van der Waals surface area contributed by atoms with Crippen molar-refractivity contribution < 1.29 is 18.7 Å². The van der Waals surface area contributed by atoms with E-state index < -0.39 is 0 Å². The molecule has 0 unspecified atom stereocenters. The van der Waals surface area contributed by atoms with Crippen LogP contribution < -0.4 is 9.47 Å². The van der Waals surface area contributed by atoms with Gasteiger partial charge < -0.3 is 9.47 Å². The van der Waals surface area contributed by atoms with Gasteiger partial charge in [-0.3, -0.25) is 9.69 Å². The molecule has 0 spiro atoms. The van der Waals surface area contributed by atoms with Gasteiger partial charge in [0.1, 0.15) is 5.82 Å². The summed E-state index contributed by atoms with van der Waals surface area (Å²) in [6.45, 7) is 6.45. The molecule has 0 N–H and O–H groups in total. The van der Waals surface area contributed by atoms with Crippen LogP contribution in [0.1, 0.15) is 32.8 Å². The molecule has 2 aromatic carbocycles. The molecule has 1 amide bonds. The minimum atomic E-state index is -0.322. The highest BCUT2D eigenvalue weighted by Crippen LogP contribution is 2.36. The summed E-state index contributed by atoms with van der Waals surface area (Å²) in [4.78, 5) is 19.5. The van der Waals surface area contributed by atoms with Crippen LogP contribution in [0.5, 0.6) is 11.5 Å². The summed E-state index contributed by atoms with van der Waals surface area (Å²) in [5, 5.41) is 0.573. The summed E-state index contributed by atoms with van der Waals surface area (Å²) in [5.74, 6) is 0.861. The lowest BCUT2D eigenvalue weighted by molar-refractivity contribution is -0.122. The SMILES string of the molecule is CC[C@@H](C)Oc1ccc(/C=C2/SC(=Nc3ccc(F)cc3)N(CC)C2=O)cc1OC. The Morgan fingerprint density at radius 1 is 1.17 bits per heavy atom. The van der Waals surface area contributed by atoms with Crippen LogP contribution in [0.2, 0.25) is 0 Å². The topological polar surface area (TPSA) is 51.1 Å². The number of rotatable bonds is 7. The minimum Gasteiger partial charge on any atom is -0.493 e. The Morgan fingerprint density at radius 3 is 2.53 bits per heavy atom. The van der Waals surface area contributed by atoms with Crippen molar-refractivity contribution in [1.82, 2.24) is 4.90 Å². The fourth-order valence-electron chi connectivity index (χ4n) is 2.82. The summed E-state index contributed by atoms with van der Waals surface area (Å²) in [6, 6.07) is 11.5. The average Bonchev–Trinajstić information content (AvgIpc) is 3.04. The highest BCUT2D eigenvalue weighted by molar-refractivity contribution is 8.18. The Morgan fingerprint density at radius 2 is 1.90 bits per heavy atom. The standard InChI is InChI=1S/C23H25FN2O3S/c1-5-15(3)29-19-12-7-16(13-20(19)28-4)14-21-22(27)26(6-2)23(30-21)25-18-10-8-17(24)9-11-18/h7-15H,5-6H2,1-4H3/b21-14+,25-23?/t15-/m1/s1. The predicted molar refractivity (Wildman–Crippen MR) is 120 cm³/mol. The zero-order valence-electron chi connectivity index (χ0n) is 17.5. The third-order valence-electron chi connectivity index (χ3n) is 4.64. The monoisotopic (exact) mass is 428 g/mol. The van der Waals surface area contributed by atoms with Crippen LogP contribution in [-0.2, 0) is 4.79 Å². The fourth-order valence-corrected chi connectivity index (χ4v) is 3.88. The lowest BCUT2D eigenvalue weighted by Gasteiger charge is -2.15. The van der Waals surface area contributed by atoms with Crippen LogP contribution in [0.15, 0.2) is 52.4 Å². The van der Waals surface area contributed by atoms with Gasteiger partial charge in [0.05, 0.1) is 23.8 Å². The van der Waals surface area contributed by atoms with Crippen LogP contribution in [0, 0.1) is 5.82 Å². The van der Waals surface area contributed by atoms with Crippen molar-refractivity contribution in [2.75, 3.05) is 13.7 Å². The van der Waals surface area contributed by atoms with Gasteiger partial charge in [-0.1, -0.05) is 13.0 Å². The molecular weight excluding hydrogens is 403 g/mol. The quantitative estimate of drug-likeness (QED) is 0.536. The number of carbonyl (C=O) groups is 1. The summed E-state index contributed by atoms with van der Waals surface area (Å²) < 4.78 is 24.5. The van der Waals surface area contributed by atoms with Crippen molar-refractivity contribution >= 4 is 34.6 Å². The molecule has 0 saturated carbocycles. The Labute approximate surface area is 180 Å². The number of likely N-dealkylation sites (N-methyl/N-ethyl adjacent to an activating group) is 1. The molecule has 0 aromatic heterocycles. The number of amides is 1. The second-order valence-corrected chi connectivity index (χ2v) is 7.79. The van der Waals surface area contributed by atoms with Crippen molar-refractivity contribution in [2.45, 2.75) is 33.3 Å². The van der Waals surface area contributed by atoms with Gasteiger partial charge in [0, 0.05) is 6.54 Å². The van der Waals surface area contributed by atoms with E-state index in [1.807, 2.05) is 38.1 Å². The van der Waals surface area contributed by atoms with Gasteiger partial charge in [-0.2, -0.15) is 0 Å². The van der Waals surface area contributed by atoms with Crippen molar-refractivity contribution in [2.24, 2.45) is 4.99 Å². The van der Waals surface area contributed by atoms with E-state index in [9.17, 15) is 9.18 Å². The minimum absolute atomic E-state index is 0.0819. The Hall–Kier alpha value is -2.80. The van der Waals surface area contributed by atoms with Gasteiger partial charge in [-0.25, -0.2) is 9.38 Å². The third kappa shape index (κ3) is 5.02. The second-order valence-electron chi connectivity index (χ2n) is 6.78. The number of hydrogen-bond acceptors (Lipinski definition) is 5. The van der Waals surface area contributed by atoms with Crippen LogP contribution in [0.4, 0.5) is 10.1 Å². The third-order valence-corrected chi connectivity index (χ3v) is 5.65. The molecule has 1 atom stereocenters. The molecule has 3 rings (SSSR count). The van der Waals surface area contributed by atoms with E-state index in [0.717, 1.165) is 12.0 Å². The zero-order chi connectivity index (χ0) is 21.7. The van der Waals surface area contributed by atoms with Crippen molar-refractivity contribution in [3.05, 3.63) is 58.8 Å². The maximum atomic E-state index is 13.1. The van der Waals surface area contributed by atoms with Crippen LogP contribution in [0.25, 0.3) is 6.08 Å². The summed E-state index contributed by atoms with van der Waals surface area (Å²) >= 11 is 1.30. The maximum absolute atomic E-state index is 13.1. The molecule has 30 heavy (non-hydrogen) atoms. The molecule has 5 nitrogen and oxygen atoms in total. The van der Waals surface area contributed by atoms with Gasteiger partial charge in [-0.15, -0.1) is 0 Å². The fraction of sp³-hybridized carbons (Fsp3) is 0.304. The molecule has 1 aliphatic heterocycles. The van der Waals surface area contributed by atoms with Gasteiger partial charge in [0.2, 0.25) is 0 Å². The molecule has 1 fully saturated rings. The van der Waals surface area contributed by atoms with Crippen molar-refractivity contribution in [3.63, 3.8) is 0 Å². The lowest BCUT2D eigenvalue weighted by atomic mass is 10.1. The molecule has 158 valence electrons. The molecule has 0 bridgehead atoms. The van der Waals surface area contributed by atoms with Gasteiger partial charge in [0.15, 0.2) is 16.7 Å². The molecule has 0 radical (unpaired) electrons. The zero-order valence-corrected chi connectivity index (χ0v) is 18.3. The first-order valence-electron chi connectivity index (χ1n) is 9.85. The van der Waals surface area contributed by atoms with Crippen LogP contribution in [0.3, 0.4) is 0 Å². The van der Waals surface area contributed by atoms with E-state index in [0.29, 0.717) is 33.8 Å². The molecule has 1 saturated heterocycles. The Balaban J connectivity index is 1.88. The molecule has 1 heterocycles. The number of nitrogens with zero attached hydrogens (tertiary/aromatic N) is 2. The predicted octanol–water partition coefficient (Wildman–Crippen LogP) is 5.64. The Bertz CT molecular complexity index is 973. The second kappa shape index (κ2) is 9.80. The number of ether oxygens (including phenoxy) is 2. The number of benzene rings is 2. The molecule has 0 aliphatic carbocycles. The first-order chi connectivity index (χ1) is 14.4. The van der Waals surface area contributed by atoms with Gasteiger partial charge >= 0.3 is 0 Å². The number of carbonyl (C=O) groups excluding carboxylic acids is 1. The van der Waals surface area contributed by atoms with E-state index in [-0.39, 0.29) is 17.8 Å². The van der Waals surface area contributed by atoms with Crippen LogP contribution >= 0.6 is 11.8 Å². The average molecular weight is 429 g/mol. The van der Waals surface area contributed by atoms with Crippen molar-refractivity contribution in [3.8, 4) is 11.5 Å².